The summed E-state index contributed by atoms with van der Waals surface area (Å²) in [5.74, 6) is 0. The molecule has 0 aliphatic carbocycles. The molecule has 1 atom stereocenters. The third-order valence-electron chi connectivity index (χ3n) is 2.53. The van der Waals surface area contributed by atoms with Crippen LogP contribution in [0.1, 0.15) is 23.6 Å². The molecule has 0 aliphatic heterocycles. The van der Waals surface area contributed by atoms with Gasteiger partial charge in [-0.3, -0.25) is 0 Å². The molecule has 1 aromatic heterocycles. The van der Waals surface area contributed by atoms with E-state index in [1.54, 1.807) is 37.4 Å². The Bertz CT molecular complexity index is 523. The van der Waals surface area contributed by atoms with Crippen LogP contribution in [0.4, 0.5) is 10.5 Å². The minimum atomic E-state index is -0.507. The molecule has 0 saturated carbocycles. The number of carbonyl (C=O) groups is 1. The number of benzene rings is 1. The smallest absolute Gasteiger partial charge is 0.319 e. The van der Waals surface area contributed by atoms with Crippen LogP contribution in [0.3, 0.4) is 0 Å². The number of urea groups is 1. The van der Waals surface area contributed by atoms with Crippen molar-refractivity contribution in [3.8, 4) is 0 Å². The number of hydrogen-bond donors (Lipinski definition) is 3. The highest BCUT2D eigenvalue weighted by atomic mass is 32.1. The van der Waals surface area contributed by atoms with Gasteiger partial charge >= 0.3 is 6.03 Å². The van der Waals surface area contributed by atoms with Crippen molar-refractivity contribution in [3.05, 3.63) is 46.4 Å². The third-order valence-corrected chi connectivity index (χ3v) is 3.31. The summed E-state index contributed by atoms with van der Waals surface area (Å²) in [6, 6.07) is 6.79. The van der Waals surface area contributed by atoms with E-state index in [0.29, 0.717) is 12.2 Å². The first-order chi connectivity index (χ1) is 9.15. The van der Waals surface area contributed by atoms with Gasteiger partial charge in [0.15, 0.2) is 0 Å². The summed E-state index contributed by atoms with van der Waals surface area (Å²) in [6.07, 6.45) is 1.20. The normalized spacial score (nSPS) is 11.9. The molecule has 2 rings (SSSR count). The fourth-order valence-electron chi connectivity index (χ4n) is 1.52. The van der Waals surface area contributed by atoms with E-state index in [2.05, 4.69) is 15.6 Å². The van der Waals surface area contributed by atoms with Gasteiger partial charge in [0.25, 0.3) is 0 Å². The van der Waals surface area contributed by atoms with Gasteiger partial charge in [0, 0.05) is 17.3 Å². The predicted molar refractivity (Wildman–Crippen MR) is 75.0 cm³/mol. The number of nitrogens with zero attached hydrogens (tertiary/aromatic N) is 1. The van der Waals surface area contributed by atoms with Gasteiger partial charge in [-0.25, -0.2) is 9.78 Å². The minimum absolute atomic E-state index is 0.278. The molecule has 1 heterocycles. The molecule has 6 heteroatoms. The van der Waals surface area contributed by atoms with E-state index in [9.17, 15) is 9.90 Å². The Morgan fingerprint density at radius 2 is 2.16 bits per heavy atom. The number of amides is 2. The minimum Gasteiger partial charge on any atom is -0.389 e. The van der Waals surface area contributed by atoms with E-state index >= 15 is 0 Å². The molecule has 5 nitrogen and oxygen atoms in total. The van der Waals surface area contributed by atoms with E-state index in [0.717, 1.165) is 10.6 Å². The zero-order valence-electron chi connectivity index (χ0n) is 10.5. The van der Waals surface area contributed by atoms with Crippen LogP contribution in [-0.4, -0.2) is 16.1 Å². The lowest BCUT2D eigenvalue weighted by Crippen LogP contribution is -2.28. The van der Waals surface area contributed by atoms with Crippen LogP contribution in [0.2, 0.25) is 0 Å². The molecule has 100 valence electrons. The topological polar surface area (TPSA) is 74.2 Å². The highest BCUT2D eigenvalue weighted by molar-refractivity contribution is 7.09. The first-order valence-corrected chi connectivity index (χ1v) is 6.74. The highest BCUT2D eigenvalue weighted by Gasteiger charge is 2.04. The van der Waals surface area contributed by atoms with Crippen molar-refractivity contribution in [2.24, 2.45) is 0 Å². The Balaban J connectivity index is 1.84. The van der Waals surface area contributed by atoms with E-state index in [-0.39, 0.29) is 6.03 Å². The zero-order valence-corrected chi connectivity index (χ0v) is 11.3. The highest BCUT2D eigenvalue weighted by Crippen LogP contribution is 2.15. The van der Waals surface area contributed by atoms with Gasteiger partial charge in [0.1, 0.15) is 5.01 Å². The van der Waals surface area contributed by atoms with Gasteiger partial charge < -0.3 is 15.7 Å². The van der Waals surface area contributed by atoms with Gasteiger partial charge in [-0.05, 0) is 24.6 Å². The van der Waals surface area contributed by atoms with Crippen LogP contribution < -0.4 is 10.6 Å². The van der Waals surface area contributed by atoms with Gasteiger partial charge in [-0.2, -0.15) is 0 Å². The number of aromatic nitrogens is 1. The maximum atomic E-state index is 11.6. The summed E-state index contributed by atoms with van der Waals surface area (Å²) >= 11 is 1.49. The summed E-state index contributed by atoms with van der Waals surface area (Å²) in [5.41, 5.74) is 1.50. The summed E-state index contributed by atoms with van der Waals surface area (Å²) in [4.78, 5) is 15.7. The fraction of sp³-hybridized carbons (Fsp3) is 0.231. The largest absolute Gasteiger partial charge is 0.389 e. The molecule has 0 radical (unpaired) electrons. The molecule has 2 aromatic rings. The summed E-state index contributed by atoms with van der Waals surface area (Å²) in [6.45, 7) is 2.11. The van der Waals surface area contributed by atoms with E-state index in [1.165, 1.54) is 11.3 Å². The molecule has 19 heavy (non-hydrogen) atoms. The molecule has 0 bridgehead atoms. The van der Waals surface area contributed by atoms with Gasteiger partial charge in [0.05, 0.1) is 12.6 Å². The summed E-state index contributed by atoms with van der Waals surface area (Å²) < 4.78 is 0. The van der Waals surface area contributed by atoms with Crippen LogP contribution in [0.5, 0.6) is 0 Å². The van der Waals surface area contributed by atoms with Crippen molar-refractivity contribution < 1.29 is 9.90 Å². The van der Waals surface area contributed by atoms with Gasteiger partial charge in [-0.15, -0.1) is 11.3 Å². The monoisotopic (exact) mass is 277 g/mol. The van der Waals surface area contributed by atoms with Crippen molar-refractivity contribution in [1.29, 1.82) is 0 Å². The second-order valence-electron chi connectivity index (χ2n) is 4.03. The quantitative estimate of drug-likeness (QED) is 0.804. The maximum Gasteiger partial charge on any atom is 0.319 e. The Morgan fingerprint density at radius 3 is 2.74 bits per heavy atom. The van der Waals surface area contributed by atoms with Gasteiger partial charge in [-0.1, -0.05) is 12.1 Å². The molecule has 0 fully saturated rings. The number of anilines is 1. The molecule has 1 unspecified atom stereocenters. The molecule has 0 aliphatic rings. The Labute approximate surface area is 115 Å². The number of aliphatic hydroxyl groups excluding tert-OH is 1. The molecule has 1 aromatic carbocycles. The number of nitrogens with one attached hydrogen (secondary N) is 2. The molecular formula is C13H15N3O2S. The van der Waals surface area contributed by atoms with Gasteiger partial charge in [0.2, 0.25) is 0 Å². The molecule has 3 N–H and O–H groups in total. The lowest BCUT2D eigenvalue weighted by atomic mass is 10.1. The lowest BCUT2D eigenvalue weighted by molar-refractivity contribution is 0.199. The average Bonchev–Trinajstić information content (AvgIpc) is 2.90. The average molecular weight is 277 g/mol. The Morgan fingerprint density at radius 1 is 1.42 bits per heavy atom. The molecule has 0 saturated heterocycles. The van der Waals surface area contributed by atoms with Crippen LogP contribution >= 0.6 is 11.3 Å². The van der Waals surface area contributed by atoms with Crippen molar-refractivity contribution >= 4 is 23.1 Å². The Kier molecular flexibility index (Phi) is 4.48. The number of carbonyl (C=O) groups excluding carboxylic acids is 1. The number of hydrogen-bond acceptors (Lipinski definition) is 4. The number of aliphatic hydroxyl groups is 1. The fourth-order valence-corrected chi connectivity index (χ4v) is 2.07. The SMILES string of the molecule is CC(O)c1ccc(NC(=O)NCc2nccs2)cc1. The van der Waals surface area contributed by atoms with Crippen LogP contribution in [0.25, 0.3) is 0 Å². The van der Waals surface area contributed by atoms with Crippen molar-refractivity contribution in [2.45, 2.75) is 19.6 Å². The second kappa shape index (κ2) is 6.31. The summed E-state index contributed by atoms with van der Waals surface area (Å²) in [7, 11) is 0. The Hall–Kier alpha value is -1.92. The van der Waals surface area contributed by atoms with Crippen LogP contribution in [0.15, 0.2) is 35.8 Å². The van der Waals surface area contributed by atoms with E-state index < -0.39 is 6.10 Å². The molecule has 0 spiro atoms. The van der Waals surface area contributed by atoms with Crippen molar-refractivity contribution in [1.82, 2.24) is 10.3 Å². The zero-order chi connectivity index (χ0) is 13.7. The lowest BCUT2D eigenvalue weighted by Gasteiger charge is -2.08. The summed E-state index contributed by atoms with van der Waals surface area (Å²) in [5, 5.41) is 17.5. The number of rotatable bonds is 4. The van der Waals surface area contributed by atoms with E-state index in [1.807, 2.05) is 5.38 Å². The maximum absolute atomic E-state index is 11.6. The molecule has 2 amide bonds. The molecular weight excluding hydrogens is 262 g/mol. The van der Waals surface area contributed by atoms with Crippen LogP contribution in [-0.2, 0) is 6.54 Å². The third kappa shape index (κ3) is 4.04. The number of thiazole rings is 1. The first-order valence-electron chi connectivity index (χ1n) is 5.86. The predicted octanol–water partition coefficient (Wildman–Crippen LogP) is 2.52. The van der Waals surface area contributed by atoms with Crippen molar-refractivity contribution in [3.63, 3.8) is 0 Å². The standard InChI is InChI=1S/C13H15N3O2S/c1-9(17)10-2-4-11(5-3-10)16-13(18)15-8-12-14-6-7-19-12/h2-7,9,17H,8H2,1H3,(H2,15,16,18). The first kappa shape index (κ1) is 13.5. The van der Waals surface area contributed by atoms with E-state index in [4.69, 9.17) is 0 Å². The second-order valence-corrected chi connectivity index (χ2v) is 5.01. The van der Waals surface area contributed by atoms with Crippen molar-refractivity contribution in [2.75, 3.05) is 5.32 Å². The van der Waals surface area contributed by atoms with Crippen LogP contribution in [0, 0.1) is 0 Å².